The fourth-order valence-electron chi connectivity index (χ4n) is 3.50. The number of carbonyl (C=O) groups is 1. The van der Waals surface area contributed by atoms with Gasteiger partial charge in [-0.1, -0.05) is 6.92 Å². The molecule has 1 aromatic heterocycles. The smallest absolute Gasteiger partial charge is 0.293 e. The number of carbonyl (C=O) groups excluding carboxylic acids is 1. The van der Waals surface area contributed by atoms with Crippen molar-refractivity contribution in [2.24, 2.45) is 0 Å². The summed E-state index contributed by atoms with van der Waals surface area (Å²) in [4.78, 5) is 27.3. The number of nitro groups is 1. The summed E-state index contributed by atoms with van der Waals surface area (Å²) in [6.07, 6.45) is 1.64. The van der Waals surface area contributed by atoms with E-state index in [2.05, 4.69) is 23.7 Å². The number of fused-ring (bicyclic) bond motifs is 1. The van der Waals surface area contributed by atoms with Crippen molar-refractivity contribution in [2.75, 3.05) is 32.1 Å². The number of nitro benzene ring substituents is 1. The molecule has 0 fully saturated rings. The van der Waals surface area contributed by atoms with Gasteiger partial charge in [-0.2, -0.15) is 0 Å². The number of anilines is 1. The van der Waals surface area contributed by atoms with Crippen LogP contribution >= 0.6 is 11.3 Å². The van der Waals surface area contributed by atoms with E-state index in [1.54, 1.807) is 30.6 Å². The molecule has 0 bridgehead atoms. The highest BCUT2D eigenvalue weighted by molar-refractivity contribution is 7.10. The molecule has 0 saturated carbocycles. The lowest BCUT2D eigenvalue weighted by Gasteiger charge is -2.35. The molecule has 27 heavy (non-hydrogen) atoms. The van der Waals surface area contributed by atoms with Crippen LogP contribution in [0.15, 0.2) is 29.6 Å². The molecule has 3 rings (SSSR count). The van der Waals surface area contributed by atoms with Crippen molar-refractivity contribution < 1.29 is 14.5 Å². The number of thiophene rings is 1. The van der Waals surface area contributed by atoms with Crippen LogP contribution in [0, 0.1) is 10.1 Å². The van der Waals surface area contributed by atoms with Crippen molar-refractivity contribution in [3.63, 3.8) is 0 Å². The fraction of sp³-hybridized carbons (Fsp3) is 0.421. The largest absolute Gasteiger partial charge is 0.383 e. The van der Waals surface area contributed by atoms with Gasteiger partial charge in [-0.05, 0) is 42.0 Å². The molecule has 144 valence electrons. The van der Waals surface area contributed by atoms with Crippen molar-refractivity contribution in [2.45, 2.75) is 25.8 Å². The van der Waals surface area contributed by atoms with E-state index in [0.29, 0.717) is 30.9 Å². The maximum atomic E-state index is 13.1. The van der Waals surface area contributed by atoms with Gasteiger partial charge in [0.2, 0.25) is 0 Å². The van der Waals surface area contributed by atoms with E-state index in [0.717, 1.165) is 12.8 Å². The number of amides is 1. The van der Waals surface area contributed by atoms with Crippen molar-refractivity contribution in [3.8, 4) is 0 Å². The molecule has 1 atom stereocenters. The van der Waals surface area contributed by atoms with Gasteiger partial charge in [0.15, 0.2) is 0 Å². The van der Waals surface area contributed by atoms with E-state index >= 15 is 0 Å². The molecule has 0 saturated heterocycles. The summed E-state index contributed by atoms with van der Waals surface area (Å²) in [5.74, 6) is -0.162. The fourth-order valence-corrected chi connectivity index (χ4v) is 4.43. The van der Waals surface area contributed by atoms with Crippen LogP contribution in [0.2, 0.25) is 0 Å². The van der Waals surface area contributed by atoms with Crippen LogP contribution in [0.1, 0.15) is 40.2 Å². The van der Waals surface area contributed by atoms with Gasteiger partial charge in [0, 0.05) is 36.7 Å². The summed E-state index contributed by atoms with van der Waals surface area (Å²) < 4.78 is 4.96. The molecule has 1 N–H and O–H groups in total. The zero-order valence-corrected chi connectivity index (χ0v) is 16.3. The molecular formula is C19H23N3O4S. The zero-order chi connectivity index (χ0) is 19.4. The molecule has 1 aliphatic heterocycles. The van der Waals surface area contributed by atoms with E-state index in [1.807, 2.05) is 4.90 Å². The average Bonchev–Trinajstić information content (AvgIpc) is 3.15. The summed E-state index contributed by atoms with van der Waals surface area (Å²) in [5, 5.41) is 16.5. The summed E-state index contributed by atoms with van der Waals surface area (Å²) in [7, 11) is 1.57. The first kappa shape index (κ1) is 19.3. The SMILES string of the molecule is CC[C@H]1c2ccsc2CCN1C(=O)c1ccc(NCCOC)c([N+](=O)[O-])c1. The topological polar surface area (TPSA) is 84.7 Å². The van der Waals surface area contributed by atoms with Crippen LogP contribution in [-0.2, 0) is 11.2 Å². The van der Waals surface area contributed by atoms with Crippen LogP contribution in [0.4, 0.5) is 11.4 Å². The average molecular weight is 389 g/mol. The first-order valence-corrected chi connectivity index (χ1v) is 9.83. The van der Waals surface area contributed by atoms with Crippen LogP contribution in [0.25, 0.3) is 0 Å². The van der Waals surface area contributed by atoms with Crippen molar-refractivity contribution in [1.82, 2.24) is 4.90 Å². The second-order valence-electron chi connectivity index (χ2n) is 6.38. The van der Waals surface area contributed by atoms with Gasteiger partial charge in [0.25, 0.3) is 11.6 Å². The van der Waals surface area contributed by atoms with Gasteiger partial charge < -0.3 is 15.0 Å². The molecule has 1 aliphatic rings. The summed E-state index contributed by atoms with van der Waals surface area (Å²) >= 11 is 1.73. The predicted molar refractivity (Wildman–Crippen MR) is 106 cm³/mol. The van der Waals surface area contributed by atoms with Crippen molar-refractivity contribution in [1.29, 1.82) is 0 Å². The maximum Gasteiger partial charge on any atom is 0.293 e. The molecule has 0 radical (unpaired) electrons. The van der Waals surface area contributed by atoms with Gasteiger partial charge in [-0.3, -0.25) is 14.9 Å². The Bertz CT molecular complexity index is 836. The van der Waals surface area contributed by atoms with E-state index in [9.17, 15) is 14.9 Å². The van der Waals surface area contributed by atoms with Crippen molar-refractivity contribution >= 4 is 28.6 Å². The van der Waals surface area contributed by atoms with Crippen LogP contribution in [0.5, 0.6) is 0 Å². The third-order valence-corrected chi connectivity index (χ3v) is 5.80. The minimum Gasteiger partial charge on any atom is -0.383 e. The Morgan fingerprint density at radius 1 is 1.44 bits per heavy atom. The molecule has 1 aromatic carbocycles. The molecule has 2 heterocycles. The molecule has 7 nitrogen and oxygen atoms in total. The standard InChI is InChI=1S/C19H23N3O4S/c1-3-16-14-7-11-27-18(14)6-9-21(16)19(23)13-4-5-15(20-8-10-26-2)17(12-13)22(24)25/h4-5,7,11-12,16,20H,3,6,8-10H2,1-2H3/t16-/m0/s1. The highest BCUT2D eigenvalue weighted by Gasteiger charge is 2.31. The highest BCUT2D eigenvalue weighted by atomic mass is 32.1. The number of nitrogens with one attached hydrogen (secondary N) is 1. The lowest BCUT2D eigenvalue weighted by molar-refractivity contribution is -0.384. The number of benzene rings is 1. The van der Waals surface area contributed by atoms with E-state index in [-0.39, 0.29) is 17.6 Å². The molecule has 1 amide bonds. The molecule has 2 aromatic rings. The van der Waals surface area contributed by atoms with E-state index in [4.69, 9.17) is 4.74 Å². The Morgan fingerprint density at radius 2 is 2.26 bits per heavy atom. The normalized spacial score (nSPS) is 16.1. The number of methoxy groups -OCH3 is 1. The Hall–Kier alpha value is -2.45. The zero-order valence-electron chi connectivity index (χ0n) is 15.4. The van der Waals surface area contributed by atoms with Crippen LogP contribution < -0.4 is 5.32 Å². The molecule has 0 aliphatic carbocycles. The van der Waals surface area contributed by atoms with E-state index < -0.39 is 4.92 Å². The van der Waals surface area contributed by atoms with Crippen LogP contribution in [-0.4, -0.2) is 42.5 Å². The number of rotatable bonds is 7. The summed E-state index contributed by atoms with van der Waals surface area (Å²) in [5.41, 5.74) is 1.84. The first-order valence-electron chi connectivity index (χ1n) is 8.95. The number of hydrogen-bond acceptors (Lipinski definition) is 6. The van der Waals surface area contributed by atoms with Gasteiger partial charge >= 0.3 is 0 Å². The lowest BCUT2D eigenvalue weighted by Crippen LogP contribution is -2.39. The third kappa shape index (κ3) is 3.96. The Morgan fingerprint density at radius 3 is 2.96 bits per heavy atom. The van der Waals surface area contributed by atoms with Gasteiger partial charge in [0.1, 0.15) is 5.69 Å². The Labute approximate surface area is 162 Å². The Balaban J connectivity index is 1.86. The van der Waals surface area contributed by atoms with Gasteiger partial charge in [0.05, 0.1) is 17.6 Å². The molecule has 8 heteroatoms. The Kier molecular flexibility index (Phi) is 6.08. The molecule has 0 spiro atoms. The molecule has 0 unspecified atom stereocenters. The second-order valence-corrected chi connectivity index (χ2v) is 7.38. The number of hydrogen-bond donors (Lipinski definition) is 1. The minimum absolute atomic E-state index is 0.0195. The van der Waals surface area contributed by atoms with Crippen LogP contribution in [0.3, 0.4) is 0 Å². The minimum atomic E-state index is -0.462. The first-order chi connectivity index (χ1) is 13.1. The highest BCUT2D eigenvalue weighted by Crippen LogP contribution is 2.36. The lowest BCUT2D eigenvalue weighted by atomic mass is 9.96. The third-order valence-electron chi connectivity index (χ3n) is 4.81. The number of nitrogens with zero attached hydrogens (tertiary/aromatic N) is 2. The van der Waals surface area contributed by atoms with Gasteiger partial charge in [-0.25, -0.2) is 0 Å². The molecular weight excluding hydrogens is 366 g/mol. The summed E-state index contributed by atoms with van der Waals surface area (Å²) in [6, 6.07) is 6.72. The monoisotopic (exact) mass is 389 g/mol. The second kappa shape index (κ2) is 8.49. The summed E-state index contributed by atoms with van der Waals surface area (Å²) in [6.45, 7) is 3.58. The maximum absolute atomic E-state index is 13.1. The number of ether oxygens (including phenoxy) is 1. The van der Waals surface area contributed by atoms with E-state index in [1.165, 1.54) is 16.5 Å². The predicted octanol–water partition coefficient (Wildman–Crippen LogP) is 3.86. The quantitative estimate of drug-likeness (QED) is 0.441. The van der Waals surface area contributed by atoms with Gasteiger partial charge in [-0.15, -0.1) is 11.3 Å². The van der Waals surface area contributed by atoms with Crippen molar-refractivity contribution in [3.05, 3.63) is 55.8 Å².